The maximum absolute atomic E-state index is 14.4. The normalized spacial score (nSPS) is 17.3. The number of carbonyl (C=O) groups is 1. The molecule has 0 aromatic carbocycles. The Morgan fingerprint density at radius 2 is 1.00 bits per heavy atom. The van der Waals surface area contributed by atoms with Gasteiger partial charge in [-0.1, -0.05) is 175 Å². The van der Waals surface area contributed by atoms with Crippen molar-refractivity contribution in [2.75, 3.05) is 26.3 Å². The zero-order valence-electron chi connectivity index (χ0n) is 30.9. The maximum Gasteiger partial charge on any atom is 0.349 e. The fraction of sp³-hybridized carbons (Fsp3) is 0.974. The highest BCUT2D eigenvalue weighted by molar-refractivity contribution is 7.54. The number of amides is 2. The lowest BCUT2D eigenvalue weighted by Gasteiger charge is -2.36. The molecular formula is C38H78N3O4P. The number of hydrogen-bond acceptors (Lipinski definition) is 5. The predicted molar refractivity (Wildman–Crippen MR) is 197 cm³/mol. The molecule has 1 aliphatic rings. The van der Waals surface area contributed by atoms with Gasteiger partial charge in [-0.05, 0) is 32.1 Å². The summed E-state index contributed by atoms with van der Waals surface area (Å²) in [4.78, 5) is 13.1. The summed E-state index contributed by atoms with van der Waals surface area (Å²) in [6.07, 6.45) is 34.9. The van der Waals surface area contributed by atoms with Crippen LogP contribution in [-0.2, 0) is 13.6 Å². The topological polar surface area (TPSA) is 79.9 Å². The van der Waals surface area contributed by atoms with Crippen LogP contribution in [0.2, 0.25) is 0 Å². The van der Waals surface area contributed by atoms with E-state index in [9.17, 15) is 9.36 Å². The molecule has 1 unspecified atom stereocenters. The molecule has 0 aromatic rings. The van der Waals surface area contributed by atoms with Crippen molar-refractivity contribution in [3.8, 4) is 0 Å². The number of unbranched alkanes of at least 4 members (excludes halogenated alkanes) is 17. The molecule has 0 radical (unpaired) electrons. The molecule has 7 nitrogen and oxygen atoms in total. The zero-order chi connectivity index (χ0) is 33.4. The molecule has 0 bridgehead atoms. The lowest BCUT2D eigenvalue weighted by molar-refractivity contribution is 0.115. The van der Waals surface area contributed by atoms with Crippen LogP contribution in [0.4, 0.5) is 4.79 Å². The van der Waals surface area contributed by atoms with Crippen LogP contribution in [-0.4, -0.2) is 43.1 Å². The molecule has 2 amide bonds. The van der Waals surface area contributed by atoms with E-state index in [0.717, 1.165) is 64.2 Å². The summed E-state index contributed by atoms with van der Waals surface area (Å²) in [5.41, 5.74) is 3.11. The van der Waals surface area contributed by atoms with Crippen molar-refractivity contribution >= 4 is 13.6 Å². The van der Waals surface area contributed by atoms with Crippen molar-refractivity contribution in [3.63, 3.8) is 0 Å². The van der Waals surface area contributed by atoms with Crippen LogP contribution in [0.25, 0.3) is 0 Å². The molecule has 1 aliphatic heterocycles. The van der Waals surface area contributed by atoms with Crippen molar-refractivity contribution in [2.45, 2.75) is 213 Å². The van der Waals surface area contributed by atoms with Crippen LogP contribution in [0.1, 0.15) is 207 Å². The first-order valence-electron chi connectivity index (χ1n) is 20.3. The molecule has 1 atom stereocenters. The molecule has 2 N–H and O–H groups in total. The van der Waals surface area contributed by atoms with Crippen LogP contribution in [0.15, 0.2) is 0 Å². The first-order valence-corrected chi connectivity index (χ1v) is 21.9. The molecule has 0 aromatic heterocycles. The molecule has 0 spiro atoms. The molecule has 8 heteroatoms. The monoisotopic (exact) mass is 672 g/mol. The Morgan fingerprint density at radius 1 is 0.587 bits per heavy atom. The Morgan fingerprint density at radius 3 is 1.48 bits per heavy atom. The predicted octanol–water partition coefficient (Wildman–Crippen LogP) is 12.4. The van der Waals surface area contributed by atoms with E-state index < -0.39 is 13.4 Å². The first-order chi connectivity index (χ1) is 22.6. The van der Waals surface area contributed by atoms with E-state index in [0.29, 0.717) is 32.7 Å². The van der Waals surface area contributed by atoms with E-state index in [-0.39, 0.29) is 6.03 Å². The summed E-state index contributed by atoms with van der Waals surface area (Å²) in [6.45, 7) is 8.69. The zero-order valence-corrected chi connectivity index (χ0v) is 31.8. The number of nitrogens with zero attached hydrogens (tertiary/aromatic N) is 1. The van der Waals surface area contributed by atoms with Crippen LogP contribution in [0.3, 0.4) is 0 Å². The van der Waals surface area contributed by atoms with E-state index in [1.54, 1.807) is 0 Å². The minimum Gasteiger partial charge on any atom is -0.337 e. The standard InChI is InChI=1S/C38H78N3O4P/c1-4-7-10-11-12-13-14-15-16-17-18-19-21-24-27-30-33-39-38(42)40-41-34-31-28-25-22-20-23-26-29-32-37(41)46(43,44-35-8-5-2)45-36-9-6-3/h37H,4-36H2,1-3H3,(H2,39,40,42). The van der Waals surface area contributed by atoms with Gasteiger partial charge in [0.25, 0.3) is 0 Å². The van der Waals surface area contributed by atoms with Crippen molar-refractivity contribution < 1.29 is 18.4 Å². The van der Waals surface area contributed by atoms with E-state index in [1.165, 1.54) is 116 Å². The van der Waals surface area contributed by atoms with Crippen LogP contribution in [0.5, 0.6) is 0 Å². The van der Waals surface area contributed by atoms with Gasteiger partial charge < -0.3 is 14.4 Å². The molecule has 1 saturated heterocycles. The molecule has 1 heterocycles. The Balaban J connectivity index is 2.45. The Kier molecular flexibility index (Phi) is 29.8. The van der Waals surface area contributed by atoms with E-state index >= 15 is 0 Å². The minimum absolute atomic E-state index is 0.202. The fourth-order valence-electron chi connectivity index (χ4n) is 6.36. The second kappa shape index (κ2) is 31.6. The molecule has 0 saturated carbocycles. The van der Waals surface area contributed by atoms with E-state index in [2.05, 4.69) is 31.5 Å². The largest absolute Gasteiger partial charge is 0.349 e. The van der Waals surface area contributed by atoms with Gasteiger partial charge in [0, 0.05) is 13.1 Å². The molecular weight excluding hydrogens is 593 g/mol. The van der Waals surface area contributed by atoms with Crippen molar-refractivity contribution in [1.29, 1.82) is 0 Å². The quantitative estimate of drug-likeness (QED) is 0.0671. The molecule has 274 valence electrons. The summed E-state index contributed by atoms with van der Waals surface area (Å²) >= 11 is 0. The van der Waals surface area contributed by atoms with Crippen LogP contribution in [0, 0.1) is 0 Å². The van der Waals surface area contributed by atoms with Gasteiger partial charge in [-0.15, -0.1) is 0 Å². The highest BCUT2D eigenvalue weighted by atomic mass is 31.2. The number of hydrazine groups is 1. The van der Waals surface area contributed by atoms with Gasteiger partial charge in [-0.3, -0.25) is 9.99 Å². The Hall–Kier alpha value is -0.620. The van der Waals surface area contributed by atoms with Crippen molar-refractivity contribution in [1.82, 2.24) is 15.8 Å². The Labute approximate surface area is 286 Å². The summed E-state index contributed by atoms with van der Waals surface area (Å²) in [6, 6.07) is -0.202. The average molecular weight is 672 g/mol. The van der Waals surface area contributed by atoms with Gasteiger partial charge in [0.1, 0.15) is 5.78 Å². The smallest absolute Gasteiger partial charge is 0.337 e. The van der Waals surface area contributed by atoms with Gasteiger partial charge in [0.15, 0.2) is 0 Å². The number of carbonyl (C=O) groups excluding carboxylic acids is 1. The number of urea groups is 1. The minimum atomic E-state index is -3.45. The third-order valence-electron chi connectivity index (χ3n) is 9.44. The number of nitrogens with one attached hydrogen (secondary N) is 2. The van der Waals surface area contributed by atoms with Crippen molar-refractivity contribution in [2.24, 2.45) is 0 Å². The first kappa shape index (κ1) is 43.4. The van der Waals surface area contributed by atoms with Crippen LogP contribution < -0.4 is 10.7 Å². The summed E-state index contributed by atoms with van der Waals surface area (Å²) < 4.78 is 26.6. The van der Waals surface area contributed by atoms with Crippen molar-refractivity contribution in [3.05, 3.63) is 0 Å². The van der Waals surface area contributed by atoms with Gasteiger partial charge in [0.05, 0.1) is 13.2 Å². The highest BCUT2D eigenvalue weighted by Gasteiger charge is 2.40. The van der Waals surface area contributed by atoms with Crippen LogP contribution >= 0.6 is 7.60 Å². The molecule has 46 heavy (non-hydrogen) atoms. The van der Waals surface area contributed by atoms with Gasteiger partial charge in [-0.25, -0.2) is 9.80 Å². The fourth-order valence-corrected chi connectivity index (χ4v) is 8.56. The lowest BCUT2D eigenvalue weighted by atomic mass is 10.0. The second-order valence-electron chi connectivity index (χ2n) is 13.9. The maximum atomic E-state index is 14.4. The van der Waals surface area contributed by atoms with Gasteiger partial charge in [0.2, 0.25) is 0 Å². The van der Waals surface area contributed by atoms with E-state index in [4.69, 9.17) is 9.05 Å². The molecule has 0 aliphatic carbocycles. The number of rotatable bonds is 27. The van der Waals surface area contributed by atoms with E-state index in [1.807, 2.05) is 5.01 Å². The molecule has 1 fully saturated rings. The lowest BCUT2D eigenvalue weighted by Crippen LogP contribution is -2.52. The third kappa shape index (κ3) is 23.7. The summed E-state index contributed by atoms with van der Waals surface area (Å²) in [7, 11) is -3.45. The number of hydrogen-bond donors (Lipinski definition) is 2. The highest BCUT2D eigenvalue weighted by Crippen LogP contribution is 2.56. The molecule has 1 rings (SSSR count). The summed E-state index contributed by atoms with van der Waals surface area (Å²) in [5, 5.41) is 5.00. The summed E-state index contributed by atoms with van der Waals surface area (Å²) in [5.74, 6) is -0.457. The Bertz CT molecular complexity index is 712. The third-order valence-corrected chi connectivity index (χ3v) is 11.8. The SMILES string of the molecule is CCCCCCCCCCCCCCCCCCNC(=O)NN1CCCCCCCCCCC1P(=O)(OCCCC)OCCCC. The average Bonchev–Trinajstić information content (AvgIpc) is 3.04. The van der Waals surface area contributed by atoms with Gasteiger partial charge >= 0.3 is 13.6 Å². The van der Waals surface area contributed by atoms with Gasteiger partial charge in [-0.2, -0.15) is 0 Å². The second-order valence-corrected chi connectivity index (χ2v) is 16.1.